The molecule has 104 valence electrons. The van der Waals surface area contributed by atoms with Crippen LogP contribution in [0.1, 0.15) is 29.8 Å². The standard InChI is InChI=1S/C15H14ClNO2S/c1-2-19-15(18)11-7-8-12-13(11)17-14(20-12)9-3-5-10(16)6-4-9/h3-6,11H,2,7-8H2,1H3. The molecule has 0 amide bonds. The molecular formula is C15H14ClNO2S. The van der Waals surface area contributed by atoms with Gasteiger partial charge in [-0.05, 0) is 31.9 Å². The van der Waals surface area contributed by atoms with Crippen LogP contribution in [-0.4, -0.2) is 17.6 Å². The van der Waals surface area contributed by atoms with Gasteiger partial charge in [-0.2, -0.15) is 0 Å². The molecule has 1 atom stereocenters. The van der Waals surface area contributed by atoms with E-state index in [1.165, 1.54) is 4.88 Å². The maximum atomic E-state index is 11.9. The van der Waals surface area contributed by atoms with Gasteiger partial charge in [0.15, 0.2) is 0 Å². The average molecular weight is 308 g/mol. The first kappa shape index (κ1) is 13.6. The van der Waals surface area contributed by atoms with E-state index in [0.29, 0.717) is 11.6 Å². The fourth-order valence-corrected chi connectivity index (χ4v) is 3.69. The lowest BCUT2D eigenvalue weighted by molar-refractivity contribution is -0.145. The van der Waals surface area contributed by atoms with Gasteiger partial charge in [-0.15, -0.1) is 11.3 Å². The average Bonchev–Trinajstić information content (AvgIpc) is 2.99. The van der Waals surface area contributed by atoms with Gasteiger partial charge in [0.1, 0.15) is 10.9 Å². The number of ether oxygens (including phenoxy) is 1. The zero-order valence-electron chi connectivity index (χ0n) is 11.1. The molecule has 3 nitrogen and oxygen atoms in total. The molecule has 1 aliphatic rings. The van der Waals surface area contributed by atoms with Crippen molar-refractivity contribution >= 4 is 28.9 Å². The van der Waals surface area contributed by atoms with Crippen LogP contribution in [-0.2, 0) is 16.0 Å². The summed E-state index contributed by atoms with van der Waals surface area (Å²) < 4.78 is 5.12. The molecule has 1 aromatic carbocycles. The molecule has 0 fully saturated rings. The number of benzene rings is 1. The molecule has 0 N–H and O–H groups in total. The summed E-state index contributed by atoms with van der Waals surface area (Å²) in [4.78, 5) is 17.8. The highest BCUT2D eigenvalue weighted by molar-refractivity contribution is 7.15. The van der Waals surface area contributed by atoms with Gasteiger partial charge in [-0.25, -0.2) is 4.98 Å². The summed E-state index contributed by atoms with van der Waals surface area (Å²) in [5.74, 6) is -0.346. The zero-order valence-corrected chi connectivity index (χ0v) is 12.6. The number of esters is 1. The summed E-state index contributed by atoms with van der Waals surface area (Å²) in [6.45, 7) is 2.24. The minimum atomic E-state index is -0.192. The number of hydrogen-bond donors (Lipinski definition) is 0. The van der Waals surface area contributed by atoms with E-state index in [4.69, 9.17) is 16.3 Å². The Labute approximate surface area is 126 Å². The van der Waals surface area contributed by atoms with Crippen LogP contribution in [0, 0.1) is 0 Å². The van der Waals surface area contributed by atoms with Crippen molar-refractivity contribution in [3.63, 3.8) is 0 Å². The summed E-state index contributed by atoms with van der Waals surface area (Å²) in [6.07, 6.45) is 1.72. The van der Waals surface area contributed by atoms with Crippen LogP contribution in [0.5, 0.6) is 0 Å². The first-order chi connectivity index (χ1) is 9.69. The maximum Gasteiger partial charge on any atom is 0.315 e. The van der Waals surface area contributed by atoms with E-state index < -0.39 is 0 Å². The third-order valence-corrected chi connectivity index (χ3v) is 4.81. The van der Waals surface area contributed by atoms with E-state index in [1.807, 2.05) is 31.2 Å². The summed E-state index contributed by atoms with van der Waals surface area (Å²) in [5, 5.41) is 1.66. The fraction of sp³-hybridized carbons (Fsp3) is 0.333. The minimum absolute atomic E-state index is 0.154. The van der Waals surface area contributed by atoms with Crippen LogP contribution in [0.15, 0.2) is 24.3 Å². The SMILES string of the molecule is CCOC(=O)C1CCc2sc(-c3ccc(Cl)cc3)nc21. The number of rotatable bonds is 3. The summed E-state index contributed by atoms with van der Waals surface area (Å²) in [7, 11) is 0. The van der Waals surface area contributed by atoms with Crippen LogP contribution in [0.3, 0.4) is 0 Å². The minimum Gasteiger partial charge on any atom is -0.465 e. The van der Waals surface area contributed by atoms with Gasteiger partial charge < -0.3 is 4.74 Å². The Hall–Kier alpha value is -1.39. The second-order valence-electron chi connectivity index (χ2n) is 4.68. The quantitative estimate of drug-likeness (QED) is 0.803. The van der Waals surface area contributed by atoms with Crippen molar-refractivity contribution in [1.29, 1.82) is 0 Å². The molecule has 1 aliphatic carbocycles. The summed E-state index contributed by atoms with van der Waals surface area (Å²) in [6, 6.07) is 7.61. The topological polar surface area (TPSA) is 39.2 Å². The number of halogens is 1. The van der Waals surface area contributed by atoms with Gasteiger partial charge in [0.2, 0.25) is 0 Å². The first-order valence-electron chi connectivity index (χ1n) is 6.61. The van der Waals surface area contributed by atoms with E-state index in [1.54, 1.807) is 11.3 Å². The third kappa shape index (κ3) is 2.45. The van der Waals surface area contributed by atoms with Crippen molar-refractivity contribution in [2.24, 2.45) is 0 Å². The van der Waals surface area contributed by atoms with Crippen molar-refractivity contribution in [3.8, 4) is 10.6 Å². The predicted octanol–water partition coefficient (Wildman–Crippen LogP) is 4.06. The van der Waals surface area contributed by atoms with Gasteiger partial charge in [0, 0.05) is 15.5 Å². The Morgan fingerprint density at radius 3 is 2.90 bits per heavy atom. The molecule has 1 heterocycles. The molecule has 2 aromatic rings. The van der Waals surface area contributed by atoms with E-state index in [0.717, 1.165) is 29.1 Å². The number of hydrogen-bond acceptors (Lipinski definition) is 4. The Morgan fingerprint density at radius 1 is 1.45 bits per heavy atom. The maximum absolute atomic E-state index is 11.9. The lowest BCUT2D eigenvalue weighted by Gasteiger charge is -2.07. The Balaban J connectivity index is 1.90. The summed E-state index contributed by atoms with van der Waals surface area (Å²) >= 11 is 7.55. The molecule has 1 unspecified atom stereocenters. The van der Waals surface area contributed by atoms with Crippen LogP contribution >= 0.6 is 22.9 Å². The molecule has 0 spiro atoms. The number of carbonyl (C=O) groups is 1. The van der Waals surface area contributed by atoms with Gasteiger partial charge in [-0.3, -0.25) is 4.79 Å². The number of aryl methyl sites for hydroxylation is 1. The van der Waals surface area contributed by atoms with Gasteiger partial charge in [-0.1, -0.05) is 23.7 Å². The number of carbonyl (C=O) groups excluding carboxylic acids is 1. The highest BCUT2D eigenvalue weighted by Gasteiger charge is 2.33. The van der Waals surface area contributed by atoms with Crippen molar-refractivity contribution < 1.29 is 9.53 Å². The van der Waals surface area contributed by atoms with E-state index >= 15 is 0 Å². The second-order valence-corrected chi connectivity index (χ2v) is 6.20. The Morgan fingerprint density at radius 2 is 2.20 bits per heavy atom. The second kappa shape index (κ2) is 5.54. The lowest BCUT2D eigenvalue weighted by Crippen LogP contribution is -2.14. The monoisotopic (exact) mass is 307 g/mol. The molecule has 0 saturated carbocycles. The van der Waals surface area contributed by atoms with E-state index in [-0.39, 0.29) is 11.9 Å². The molecular weight excluding hydrogens is 294 g/mol. The molecule has 0 saturated heterocycles. The number of thiazole rings is 1. The zero-order chi connectivity index (χ0) is 14.1. The van der Waals surface area contributed by atoms with Gasteiger partial charge in [0.25, 0.3) is 0 Å². The van der Waals surface area contributed by atoms with Crippen molar-refractivity contribution in [2.75, 3.05) is 6.61 Å². The molecule has 0 aliphatic heterocycles. The van der Waals surface area contributed by atoms with Crippen LogP contribution in [0.4, 0.5) is 0 Å². The molecule has 1 aromatic heterocycles. The molecule has 3 rings (SSSR count). The van der Waals surface area contributed by atoms with E-state index in [9.17, 15) is 4.79 Å². The van der Waals surface area contributed by atoms with E-state index in [2.05, 4.69) is 4.98 Å². The Kier molecular flexibility index (Phi) is 3.76. The number of nitrogens with zero attached hydrogens (tertiary/aromatic N) is 1. The van der Waals surface area contributed by atoms with Crippen LogP contribution in [0.2, 0.25) is 5.02 Å². The smallest absolute Gasteiger partial charge is 0.315 e. The van der Waals surface area contributed by atoms with Crippen LogP contribution < -0.4 is 0 Å². The van der Waals surface area contributed by atoms with Crippen molar-refractivity contribution in [2.45, 2.75) is 25.7 Å². The molecule has 5 heteroatoms. The third-order valence-electron chi connectivity index (χ3n) is 3.38. The predicted molar refractivity (Wildman–Crippen MR) is 80.3 cm³/mol. The summed E-state index contributed by atoms with van der Waals surface area (Å²) in [5.41, 5.74) is 1.94. The lowest BCUT2D eigenvalue weighted by atomic mass is 10.1. The van der Waals surface area contributed by atoms with Gasteiger partial charge >= 0.3 is 5.97 Å². The largest absolute Gasteiger partial charge is 0.465 e. The molecule has 0 radical (unpaired) electrons. The molecule has 20 heavy (non-hydrogen) atoms. The van der Waals surface area contributed by atoms with Crippen LogP contribution in [0.25, 0.3) is 10.6 Å². The van der Waals surface area contributed by atoms with Crippen molar-refractivity contribution in [1.82, 2.24) is 4.98 Å². The Bertz CT molecular complexity index is 636. The highest BCUT2D eigenvalue weighted by atomic mass is 35.5. The highest BCUT2D eigenvalue weighted by Crippen LogP contribution is 2.40. The van der Waals surface area contributed by atoms with Gasteiger partial charge in [0.05, 0.1) is 12.3 Å². The fourth-order valence-electron chi connectivity index (χ4n) is 2.42. The normalized spacial score (nSPS) is 17.0. The first-order valence-corrected chi connectivity index (χ1v) is 7.80. The number of aromatic nitrogens is 1. The van der Waals surface area contributed by atoms with Crippen molar-refractivity contribution in [3.05, 3.63) is 39.9 Å². The molecule has 0 bridgehead atoms. The number of fused-ring (bicyclic) bond motifs is 1.